The van der Waals surface area contributed by atoms with Crippen LogP contribution in [0.25, 0.3) is 0 Å². The predicted molar refractivity (Wildman–Crippen MR) is 91.5 cm³/mol. The summed E-state index contributed by atoms with van der Waals surface area (Å²) in [7, 11) is 0. The molecule has 23 heavy (non-hydrogen) atoms. The summed E-state index contributed by atoms with van der Waals surface area (Å²) in [5.41, 5.74) is 1.15. The topological polar surface area (TPSA) is 67.4 Å². The van der Waals surface area contributed by atoms with Crippen LogP contribution in [0.2, 0.25) is 10.0 Å². The lowest BCUT2D eigenvalue weighted by atomic mass is 10.2. The van der Waals surface area contributed by atoms with Gasteiger partial charge in [0.05, 0.1) is 17.2 Å². The van der Waals surface area contributed by atoms with Gasteiger partial charge in [0.15, 0.2) is 0 Å². The van der Waals surface area contributed by atoms with Crippen LogP contribution in [0.4, 0.5) is 16.2 Å². The Morgan fingerprint density at radius 1 is 1.04 bits per heavy atom. The van der Waals surface area contributed by atoms with E-state index in [0.29, 0.717) is 16.4 Å². The SMILES string of the molecule is CCOC(=O)c1cc(NC(=O)Nc2cccc(Cl)c2)ccc1Cl. The van der Waals surface area contributed by atoms with Gasteiger partial charge in [0.2, 0.25) is 0 Å². The highest BCUT2D eigenvalue weighted by molar-refractivity contribution is 6.33. The van der Waals surface area contributed by atoms with Crippen LogP contribution in [0.3, 0.4) is 0 Å². The minimum Gasteiger partial charge on any atom is -0.462 e. The van der Waals surface area contributed by atoms with Crippen molar-refractivity contribution in [3.8, 4) is 0 Å². The van der Waals surface area contributed by atoms with E-state index in [-0.39, 0.29) is 17.2 Å². The van der Waals surface area contributed by atoms with Gasteiger partial charge < -0.3 is 15.4 Å². The molecule has 120 valence electrons. The van der Waals surface area contributed by atoms with Crippen molar-refractivity contribution in [2.45, 2.75) is 6.92 Å². The molecule has 0 aliphatic rings. The van der Waals surface area contributed by atoms with Crippen molar-refractivity contribution in [3.63, 3.8) is 0 Å². The second-order valence-electron chi connectivity index (χ2n) is 4.50. The maximum atomic E-state index is 12.0. The van der Waals surface area contributed by atoms with Crippen molar-refractivity contribution in [1.29, 1.82) is 0 Å². The van der Waals surface area contributed by atoms with Gasteiger partial charge in [-0.05, 0) is 43.3 Å². The third kappa shape index (κ3) is 4.87. The molecule has 0 spiro atoms. The van der Waals surface area contributed by atoms with E-state index in [2.05, 4.69) is 10.6 Å². The first-order valence-electron chi connectivity index (χ1n) is 6.80. The minimum absolute atomic E-state index is 0.189. The van der Waals surface area contributed by atoms with Gasteiger partial charge in [-0.15, -0.1) is 0 Å². The summed E-state index contributed by atoms with van der Waals surface area (Å²) < 4.78 is 4.91. The van der Waals surface area contributed by atoms with Gasteiger partial charge in [-0.25, -0.2) is 9.59 Å². The molecule has 0 aliphatic carbocycles. The van der Waals surface area contributed by atoms with Crippen LogP contribution in [-0.4, -0.2) is 18.6 Å². The Morgan fingerprint density at radius 2 is 1.74 bits per heavy atom. The van der Waals surface area contributed by atoms with E-state index in [9.17, 15) is 9.59 Å². The number of carbonyl (C=O) groups is 2. The number of hydrogen-bond acceptors (Lipinski definition) is 3. The van der Waals surface area contributed by atoms with Crippen LogP contribution in [0.15, 0.2) is 42.5 Å². The van der Waals surface area contributed by atoms with Crippen molar-refractivity contribution in [1.82, 2.24) is 0 Å². The molecular weight excluding hydrogens is 339 g/mol. The Hall–Kier alpha value is -2.24. The zero-order valence-electron chi connectivity index (χ0n) is 12.2. The summed E-state index contributed by atoms with van der Waals surface area (Å²) in [4.78, 5) is 23.8. The van der Waals surface area contributed by atoms with Crippen LogP contribution in [-0.2, 0) is 4.74 Å². The Labute approximate surface area is 143 Å². The molecule has 0 fully saturated rings. The van der Waals surface area contributed by atoms with Crippen LogP contribution >= 0.6 is 23.2 Å². The first-order chi connectivity index (χ1) is 11.0. The molecule has 2 amide bonds. The van der Waals surface area contributed by atoms with Crippen LogP contribution < -0.4 is 10.6 Å². The van der Waals surface area contributed by atoms with Crippen molar-refractivity contribution in [2.24, 2.45) is 0 Å². The summed E-state index contributed by atoms with van der Waals surface area (Å²) in [5.74, 6) is -0.545. The molecule has 2 aromatic rings. The smallest absolute Gasteiger partial charge is 0.339 e. The van der Waals surface area contributed by atoms with E-state index >= 15 is 0 Å². The molecule has 2 aromatic carbocycles. The second-order valence-corrected chi connectivity index (χ2v) is 5.35. The summed E-state index contributed by atoms with van der Waals surface area (Å²) >= 11 is 11.8. The van der Waals surface area contributed by atoms with E-state index in [1.165, 1.54) is 12.1 Å². The Balaban J connectivity index is 2.09. The number of benzene rings is 2. The number of halogens is 2. The maximum Gasteiger partial charge on any atom is 0.339 e. The predicted octanol–water partition coefficient (Wildman–Crippen LogP) is 4.81. The molecule has 0 saturated carbocycles. The Bertz CT molecular complexity index is 735. The lowest BCUT2D eigenvalue weighted by molar-refractivity contribution is 0.0526. The quantitative estimate of drug-likeness (QED) is 0.775. The van der Waals surface area contributed by atoms with Crippen molar-refractivity contribution >= 4 is 46.6 Å². The number of ether oxygens (including phenoxy) is 1. The maximum absolute atomic E-state index is 12.0. The fourth-order valence-corrected chi connectivity index (χ4v) is 2.21. The molecule has 2 rings (SSSR count). The average Bonchev–Trinajstić information content (AvgIpc) is 2.49. The van der Waals surface area contributed by atoms with Crippen LogP contribution in [0, 0.1) is 0 Å². The highest BCUT2D eigenvalue weighted by atomic mass is 35.5. The molecule has 0 aliphatic heterocycles. The molecular formula is C16H14Cl2N2O3. The van der Waals surface area contributed by atoms with Crippen LogP contribution in [0.5, 0.6) is 0 Å². The van der Waals surface area contributed by atoms with E-state index in [4.69, 9.17) is 27.9 Å². The van der Waals surface area contributed by atoms with Gasteiger partial charge in [0, 0.05) is 16.4 Å². The van der Waals surface area contributed by atoms with Crippen LogP contribution in [0.1, 0.15) is 17.3 Å². The number of amides is 2. The first-order valence-corrected chi connectivity index (χ1v) is 7.55. The highest BCUT2D eigenvalue weighted by Crippen LogP contribution is 2.22. The molecule has 0 bridgehead atoms. The summed E-state index contributed by atoms with van der Waals surface area (Å²) in [6, 6.07) is 10.8. The normalized spacial score (nSPS) is 10.0. The van der Waals surface area contributed by atoms with E-state index in [1.54, 1.807) is 37.3 Å². The molecule has 0 radical (unpaired) electrons. The molecule has 0 atom stereocenters. The monoisotopic (exact) mass is 352 g/mol. The molecule has 0 saturated heterocycles. The number of urea groups is 1. The van der Waals surface area contributed by atoms with E-state index in [0.717, 1.165) is 0 Å². The molecule has 0 aromatic heterocycles. The largest absolute Gasteiger partial charge is 0.462 e. The first kappa shape index (κ1) is 17.1. The second kappa shape index (κ2) is 7.85. The van der Waals surface area contributed by atoms with Crippen molar-refractivity contribution < 1.29 is 14.3 Å². The number of anilines is 2. The molecule has 0 heterocycles. The molecule has 0 unspecified atom stereocenters. The number of esters is 1. The van der Waals surface area contributed by atoms with Gasteiger partial charge in [-0.3, -0.25) is 0 Å². The minimum atomic E-state index is -0.545. The van der Waals surface area contributed by atoms with E-state index < -0.39 is 12.0 Å². The van der Waals surface area contributed by atoms with Gasteiger partial charge in [-0.1, -0.05) is 29.3 Å². The fraction of sp³-hybridized carbons (Fsp3) is 0.125. The zero-order valence-corrected chi connectivity index (χ0v) is 13.7. The average molecular weight is 353 g/mol. The summed E-state index contributed by atoms with van der Waals surface area (Å²) in [5, 5.41) is 6.02. The lowest BCUT2D eigenvalue weighted by Gasteiger charge is -2.10. The standard InChI is InChI=1S/C16H14Cl2N2O3/c1-2-23-15(21)13-9-12(6-7-14(13)18)20-16(22)19-11-5-3-4-10(17)8-11/h3-9H,2H2,1H3,(H2,19,20,22). The molecule has 7 heteroatoms. The highest BCUT2D eigenvalue weighted by Gasteiger charge is 2.13. The number of carbonyl (C=O) groups excluding carboxylic acids is 2. The summed E-state index contributed by atoms with van der Waals surface area (Å²) in [6.45, 7) is 1.94. The fourth-order valence-electron chi connectivity index (χ4n) is 1.83. The van der Waals surface area contributed by atoms with E-state index in [1.807, 2.05) is 0 Å². The van der Waals surface area contributed by atoms with Gasteiger partial charge >= 0.3 is 12.0 Å². The molecule has 2 N–H and O–H groups in total. The number of nitrogens with one attached hydrogen (secondary N) is 2. The molecule has 5 nitrogen and oxygen atoms in total. The van der Waals surface area contributed by atoms with Gasteiger partial charge in [0.1, 0.15) is 0 Å². The third-order valence-corrected chi connectivity index (χ3v) is 3.37. The Kier molecular flexibility index (Phi) is 5.84. The van der Waals surface area contributed by atoms with Gasteiger partial charge in [0.25, 0.3) is 0 Å². The van der Waals surface area contributed by atoms with Gasteiger partial charge in [-0.2, -0.15) is 0 Å². The van der Waals surface area contributed by atoms with Crippen molar-refractivity contribution in [2.75, 3.05) is 17.2 Å². The Morgan fingerprint density at radius 3 is 2.39 bits per heavy atom. The third-order valence-electron chi connectivity index (χ3n) is 2.80. The van der Waals surface area contributed by atoms with Crippen molar-refractivity contribution in [3.05, 3.63) is 58.1 Å². The lowest BCUT2D eigenvalue weighted by Crippen LogP contribution is -2.19. The summed E-state index contributed by atoms with van der Waals surface area (Å²) in [6.07, 6.45) is 0. The number of hydrogen-bond donors (Lipinski definition) is 2. The zero-order chi connectivity index (χ0) is 16.8. The number of rotatable bonds is 4.